The summed E-state index contributed by atoms with van der Waals surface area (Å²) in [6.07, 6.45) is 30.3. The Morgan fingerprint density at radius 1 is 0.429 bits per heavy atom. The summed E-state index contributed by atoms with van der Waals surface area (Å²) in [6.45, 7) is 4.60. The van der Waals surface area contributed by atoms with E-state index in [0.29, 0.717) is 0 Å². The summed E-state index contributed by atoms with van der Waals surface area (Å²) in [6, 6.07) is 0.823. The second-order valence-electron chi connectivity index (χ2n) is 9.21. The van der Waals surface area contributed by atoms with Gasteiger partial charge in [0, 0.05) is 6.04 Å². The lowest BCUT2D eigenvalue weighted by molar-refractivity contribution is 0.251. The molecule has 1 atom stereocenters. The fourth-order valence-electron chi connectivity index (χ4n) is 4.22. The van der Waals surface area contributed by atoms with E-state index in [1.54, 1.807) is 0 Å². The molecule has 0 aromatic carbocycles. The second-order valence-corrected chi connectivity index (χ2v) is 9.21. The van der Waals surface area contributed by atoms with Crippen molar-refractivity contribution in [2.75, 3.05) is 14.1 Å². The van der Waals surface area contributed by atoms with Crippen LogP contribution in [0.15, 0.2) is 0 Å². The number of hydrogen-bond donors (Lipinski definition) is 0. The van der Waals surface area contributed by atoms with Crippen LogP contribution in [0.4, 0.5) is 0 Å². The maximum Gasteiger partial charge on any atom is 0.00891 e. The Balaban J connectivity index is 0. The fraction of sp³-hybridized carbons (Fsp3) is 1.00. The van der Waals surface area contributed by atoms with Gasteiger partial charge >= 0.3 is 0 Å². The van der Waals surface area contributed by atoms with Gasteiger partial charge in [0.2, 0.25) is 0 Å². The summed E-state index contributed by atoms with van der Waals surface area (Å²) >= 11 is 0. The first-order chi connectivity index (χ1) is 13.2. The Morgan fingerprint density at radius 3 is 0.929 bits per heavy atom. The van der Waals surface area contributed by atoms with Crippen LogP contribution in [0.3, 0.4) is 0 Å². The number of hydrogen-bond acceptors (Lipinski definition) is 1. The molecule has 1 nitrogen and oxygen atoms in total. The van der Waals surface area contributed by atoms with Gasteiger partial charge in [0.25, 0.3) is 0 Å². The van der Waals surface area contributed by atoms with Gasteiger partial charge in [-0.1, -0.05) is 136 Å². The minimum atomic E-state index is 0. The molecule has 0 rings (SSSR count). The van der Waals surface area contributed by atoms with Gasteiger partial charge < -0.3 is 4.90 Å². The molecule has 0 aromatic heterocycles. The van der Waals surface area contributed by atoms with Gasteiger partial charge in [-0.15, -0.1) is 12.4 Å². The predicted octanol–water partition coefficient (Wildman–Crippen LogP) is 9.57. The van der Waals surface area contributed by atoms with Crippen LogP contribution in [-0.2, 0) is 0 Å². The Bertz CT molecular complexity index is 267. The van der Waals surface area contributed by atoms with Crippen LogP contribution in [0.25, 0.3) is 0 Å². The summed E-state index contributed by atoms with van der Waals surface area (Å²) in [5.41, 5.74) is 0. The highest BCUT2D eigenvalue weighted by Crippen LogP contribution is 2.18. The number of halogens is 1. The van der Waals surface area contributed by atoms with Crippen LogP contribution in [0, 0.1) is 0 Å². The number of nitrogens with zero attached hydrogens (tertiary/aromatic N) is 1. The van der Waals surface area contributed by atoms with E-state index in [1.165, 1.54) is 135 Å². The van der Waals surface area contributed by atoms with E-state index < -0.39 is 0 Å². The molecule has 0 bridgehead atoms. The molecule has 0 saturated heterocycles. The number of rotatable bonds is 22. The Morgan fingerprint density at radius 2 is 0.679 bits per heavy atom. The topological polar surface area (TPSA) is 3.24 Å². The second kappa shape index (κ2) is 25.3. The van der Waals surface area contributed by atoms with Gasteiger partial charge in [0.1, 0.15) is 0 Å². The Kier molecular flexibility index (Phi) is 27.5. The fourth-order valence-corrected chi connectivity index (χ4v) is 4.22. The van der Waals surface area contributed by atoms with E-state index >= 15 is 0 Å². The largest absolute Gasteiger partial charge is 0.306 e. The van der Waals surface area contributed by atoms with Gasteiger partial charge in [-0.25, -0.2) is 0 Å². The van der Waals surface area contributed by atoms with Gasteiger partial charge in [0.05, 0.1) is 0 Å². The third-order valence-electron chi connectivity index (χ3n) is 6.26. The molecule has 0 aliphatic carbocycles. The first-order valence-electron chi connectivity index (χ1n) is 12.9. The molecule has 0 aliphatic rings. The third-order valence-corrected chi connectivity index (χ3v) is 6.26. The molecule has 0 heterocycles. The van der Waals surface area contributed by atoms with Crippen LogP contribution >= 0.6 is 12.4 Å². The van der Waals surface area contributed by atoms with E-state index in [4.69, 9.17) is 0 Å². The van der Waals surface area contributed by atoms with Crippen LogP contribution in [0.2, 0.25) is 0 Å². The van der Waals surface area contributed by atoms with Crippen molar-refractivity contribution in [3.63, 3.8) is 0 Å². The van der Waals surface area contributed by atoms with Gasteiger partial charge in [-0.05, 0) is 26.9 Å². The monoisotopic (exact) mass is 417 g/mol. The lowest BCUT2D eigenvalue weighted by Gasteiger charge is -2.24. The van der Waals surface area contributed by atoms with E-state index in [-0.39, 0.29) is 12.4 Å². The van der Waals surface area contributed by atoms with E-state index in [9.17, 15) is 0 Å². The standard InChI is InChI=1S/C26H55N.ClH/c1-5-7-9-11-13-15-17-19-21-23-25-26(27(3)4)24-22-20-18-16-14-12-10-8-6-2;/h26H,5-25H2,1-4H3;1H. The molecule has 172 valence electrons. The quantitative estimate of drug-likeness (QED) is 0.158. The molecule has 2 heteroatoms. The zero-order valence-corrected chi connectivity index (χ0v) is 21.1. The maximum atomic E-state index is 2.48. The highest BCUT2D eigenvalue weighted by Gasteiger charge is 2.10. The van der Waals surface area contributed by atoms with Crippen molar-refractivity contribution in [3.05, 3.63) is 0 Å². The van der Waals surface area contributed by atoms with Crippen LogP contribution in [0.1, 0.15) is 149 Å². The van der Waals surface area contributed by atoms with Crippen molar-refractivity contribution in [2.45, 2.75) is 155 Å². The number of unbranched alkanes of at least 4 members (excludes halogenated alkanes) is 17. The molecular formula is C26H56ClN. The van der Waals surface area contributed by atoms with Gasteiger partial charge in [0.15, 0.2) is 0 Å². The lowest BCUT2D eigenvalue weighted by Crippen LogP contribution is -2.27. The molecular weight excluding hydrogens is 362 g/mol. The molecule has 0 aliphatic heterocycles. The summed E-state index contributed by atoms with van der Waals surface area (Å²) in [5.74, 6) is 0. The molecule has 0 aromatic rings. The zero-order chi connectivity index (χ0) is 20.0. The molecule has 28 heavy (non-hydrogen) atoms. The van der Waals surface area contributed by atoms with Crippen LogP contribution in [0.5, 0.6) is 0 Å². The molecule has 0 saturated carbocycles. The van der Waals surface area contributed by atoms with Crippen molar-refractivity contribution < 1.29 is 0 Å². The molecule has 0 radical (unpaired) electrons. The SMILES string of the molecule is CCCCCCCCCCCCC(CCCCCCCCCCC)N(C)C.Cl. The van der Waals surface area contributed by atoms with Crippen molar-refractivity contribution in [1.82, 2.24) is 4.90 Å². The first kappa shape index (κ1) is 30.4. The minimum absolute atomic E-state index is 0. The smallest absolute Gasteiger partial charge is 0.00891 e. The molecule has 1 unspecified atom stereocenters. The summed E-state index contributed by atoms with van der Waals surface area (Å²) < 4.78 is 0. The first-order valence-corrected chi connectivity index (χ1v) is 12.9. The average Bonchev–Trinajstić information content (AvgIpc) is 2.66. The van der Waals surface area contributed by atoms with Gasteiger partial charge in [-0.3, -0.25) is 0 Å². The molecule has 0 N–H and O–H groups in total. The molecule has 0 fully saturated rings. The third kappa shape index (κ3) is 22.5. The van der Waals surface area contributed by atoms with Crippen molar-refractivity contribution in [3.8, 4) is 0 Å². The van der Waals surface area contributed by atoms with Gasteiger partial charge in [-0.2, -0.15) is 0 Å². The Hall–Kier alpha value is 0.250. The normalized spacial score (nSPS) is 12.3. The van der Waals surface area contributed by atoms with Crippen molar-refractivity contribution >= 4 is 12.4 Å². The maximum absolute atomic E-state index is 2.48. The van der Waals surface area contributed by atoms with Crippen LogP contribution < -0.4 is 0 Å². The van der Waals surface area contributed by atoms with E-state index in [0.717, 1.165) is 6.04 Å². The van der Waals surface area contributed by atoms with Crippen molar-refractivity contribution in [2.24, 2.45) is 0 Å². The molecule has 0 spiro atoms. The minimum Gasteiger partial charge on any atom is -0.306 e. The average molecular weight is 418 g/mol. The highest BCUT2D eigenvalue weighted by atomic mass is 35.5. The van der Waals surface area contributed by atoms with Crippen LogP contribution in [-0.4, -0.2) is 25.0 Å². The predicted molar refractivity (Wildman–Crippen MR) is 133 cm³/mol. The highest BCUT2D eigenvalue weighted by molar-refractivity contribution is 5.85. The van der Waals surface area contributed by atoms with E-state index in [1.807, 2.05) is 0 Å². The molecule has 0 amide bonds. The lowest BCUT2D eigenvalue weighted by atomic mass is 9.99. The Labute approximate surface area is 186 Å². The van der Waals surface area contributed by atoms with E-state index in [2.05, 4.69) is 32.8 Å². The summed E-state index contributed by atoms with van der Waals surface area (Å²) in [5, 5.41) is 0. The van der Waals surface area contributed by atoms with Crippen molar-refractivity contribution in [1.29, 1.82) is 0 Å². The zero-order valence-electron chi connectivity index (χ0n) is 20.3. The summed E-state index contributed by atoms with van der Waals surface area (Å²) in [4.78, 5) is 2.48. The summed E-state index contributed by atoms with van der Waals surface area (Å²) in [7, 11) is 4.57.